The molecule has 2 aromatic carbocycles. The van der Waals surface area contributed by atoms with E-state index in [4.69, 9.17) is 22.7 Å². The van der Waals surface area contributed by atoms with Crippen molar-refractivity contribution in [2.24, 2.45) is 5.73 Å². The largest absolute Gasteiger partial charge is 0.488 e. The quantitative estimate of drug-likeness (QED) is 0.879. The Labute approximate surface area is 119 Å². The van der Waals surface area contributed by atoms with Crippen LogP contribution in [0.3, 0.4) is 0 Å². The molecule has 0 unspecified atom stereocenters. The second kappa shape index (κ2) is 5.92. The molecule has 0 aromatic heterocycles. The van der Waals surface area contributed by atoms with Crippen LogP contribution in [0.1, 0.15) is 11.1 Å². The zero-order chi connectivity index (χ0) is 14.7. The molecule has 0 aliphatic rings. The van der Waals surface area contributed by atoms with Crippen LogP contribution in [0, 0.1) is 17.5 Å². The lowest BCUT2D eigenvalue weighted by atomic mass is 10.2. The van der Waals surface area contributed by atoms with E-state index in [1.165, 1.54) is 18.2 Å². The molecule has 2 aromatic rings. The van der Waals surface area contributed by atoms with Gasteiger partial charge < -0.3 is 10.5 Å². The maximum atomic E-state index is 13.6. The zero-order valence-electron chi connectivity index (χ0n) is 10.2. The number of hydrogen-bond donors (Lipinski definition) is 1. The molecule has 0 heterocycles. The molecule has 0 spiro atoms. The van der Waals surface area contributed by atoms with Crippen molar-refractivity contribution in [1.29, 1.82) is 0 Å². The molecule has 0 bridgehead atoms. The molecular formula is C14H10F3NOS. The van der Waals surface area contributed by atoms with Crippen LogP contribution in [0.25, 0.3) is 0 Å². The van der Waals surface area contributed by atoms with Gasteiger partial charge in [-0.3, -0.25) is 0 Å². The van der Waals surface area contributed by atoms with Crippen molar-refractivity contribution < 1.29 is 17.9 Å². The summed E-state index contributed by atoms with van der Waals surface area (Å²) >= 11 is 4.74. The van der Waals surface area contributed by atoms with E-state index in [1.807, 2.05) is 0 Å². The fourth-order valence-corrected chi connectivity index (χ4v) is 1.87. The van der Waals surface area contributed by atoms with Crippen molar-refractivity contribution >= 4 is 17.2 Å². The van der Waals surface area contributed by atoms with Crippen molar-refractivity contribution in [1.82, 2.24) is 0 Å². The van der Waals surface area contributed by atoms with Crippen molar-refractivity contribution in [2.45, 2.75) is 6.61 Å². The lowest BCUT2D eigenvalue weighted by molar-refractivity contribution is 0.297. The molecule has 104 valence electrons. The van der Waals surface area contributed by atoms with Crippen LogP contribution in [-0.4, -0.2) is 4.99 Å². The highest BCUT2D eigenvalue weighted by Gasteiger charge is 2.13. The summed E-state index contributed by atoms with van der Waals surface area (Å²) in [4.78, 5) is -0.169. The van der Waals surface area contributed by atoms with Gasteiger partial charge >= 0.3 is 0 Å². The molecule has 2 rings (SSSR count). The summed E-state index contributed by atoms with van der Waals surface area (Å²) < 4.78 is 45.3. The lowest BCUT2D eigenvalue weighted by Crippen LogP contribution is -2.14. The number of rotatable bonds is 4. The van der Waals surface area contributed by atoms with Crippen LogP contribution in [0.4, 0.5) is 13.2 Å². The topological polar surface area (TPSA) is 35.2 Å². The maximum Gasteiger partial charge on any atom is 0.137 e. The molecule has 0 saturated carbocycles. The van der Waals surface area contributed by atoms with Gasteiger partial charge in [0.25, 0.3) is 0 Å². The first kappa shape index (κ1) is 14.3. The Bertz CT molecular complexity index is 661. The first-order chi connectivity index (χ1) is 9.49. The minimum Gasteiger partial charge on any atom is -0.488 e. The highest BCUT2D eigenvalue weighted by Crippen LogP contribution is 2.23. The highest BCUT2D eigenvalue weighted by molar-refractivity contribution is 7.80. The number of benzene rings is 2. The van der Waals surface area contributed by atoms with Crippen LogP contribution in [0.15, 0.2) is 36.4 Å². The minimum atomic E-state index is -0.630. The summed E-state index contributed by atoms with van der Waals surface area (Å²) in [6.45, 7) is -0.261. The molecule has 0 atom stereocenters. The first-order valence-corrected chi connectivity index (χ1v) is 6.05. The number of halogens is 3. The molecule has 0 fully saturated rings. The van der Waals surface area contributed by atoms with Crippen molar-refractivity contribution in [3.8, 4) is 5.75 Å². The van der Waals surface area contributed by atoms with E-state index in [-0.39, 0.29) is 28.5 Å². The van der Waals surface area contributed by atoms with Crippen LogP contribution in [0.2, 0.25) is 0 Å². The van der Waals surface area contributed by atoms with E-state index < -0.39 is 17.5 Å². The van der Waals surface area contributed by atoms with Gasteiger partial charge in [0.2, 0.25) is 0 Å². The van der Waals surface area contributed by atoms with Gasteiger partial charge in [0.1, 0.15) is 34.8 Å². The predicted molar refractivity (Wildman–Crippen MR) is 73.0 cm³/mol. The summed E-state index contributed by atoms with van der Waals surface area (Å²) in [7, 11) is 0. The Hall–Kier alpha value is -2.08. The van der Waals surface area contributed by atoms with E-state index >= 15 is 0 Å². The normalized spacial score (nSPS) is 10.3. The monoisotopic (exact) mass is 297 g/mol. The second-order valence-corrected chi connectivity index (χ2v) is 4.44. The van der Waals surface area contributed by atoms with Gasteiger partial charge in [0, 0.05) is 5.56 Å². The average Bonchev–Trinajstić information content (AvgIpc) is 2.39. The third-order valence-electron chi connectivity index (χ3n) is 2.61. The van der Waals surface area contributed by atoms with Crippen molar-refractivity contribution in [3.05, 3.63) is 65.0 Å². The van der Waals surface area contributed by atoms with E-state index in [1.54, 1.807) is 0 Å². The second-order valence-electron chi connectivity index (χ2n) is 4.00. The van der Waals surface area contributed by atoms with Gasteiger partial charge in [-0.05, 0) is 30.3 Å². The molecule has 0 aliphatic carbocycles. The van der Waals surface area contributed by atoms with E-state index in [0.717, 1.165) is 18.2 Å². The number of thiocarbonyl (C=S) groups is 1. The number of ether oxygens (including phenoxy) is 1. The summed E-state index contributed by atoms with van der Waals surface area (Å²) in [6.07, 6.45) is 0. The average molecular weight is 297 g/mol. The highest BCUT2D eigenvalue weighted by atomic mass is 32.1. The molecule has 6 heteroatoms. The molecule has 2 nitrogen and oxygen atoms in total. The summed E-state index contributed by atoms with van der Waals surface area (Å²) in [5.41, 5.74) is 5.38. The van der Waals surface area contributed by atoms with Gasteiger partial charge in [-0.2, -0.15) is 0 Å². The molecule has 0 radical (unpaired) electrons. The van der Waals surface area contributed by atoms with Crippen molar-refractivity contribution in [2.75, 3.05) is 0 Å². The maximum absolute atomic E-state index is 13.6. The lowest BCUT2D eigenvalue weighted by Gasteiger charge is -2.11. The van der Waals surface area contributed by atoms with Gasteiger partial charge in [-0.25, -0.2) is 13.2 Å². The smallest absolute Gasteiger partial charge is 0.137 e. The minimum absolute atomic E-state index is 0.0168. The Morgan fingerprint density at radius 1 is 1.10 bits per heavy atom. The fraction of sp³-hybridized carbons (Fsp3) is 0.0714. The Kier molecular flexibility index (Phi) is 4.24. The molecule has 2 N–H and O–H groups in total. The standard InChI is InChI=1S/C14H10F3NOS/c15-9-4-5-10(16)8(6-9)7-19-12-3-1-2-11(17)13(12)14(18)20/h1-6H,7H2,(H2,18,20). The van der Waals surface area contributed by atoms with Crippen LogP contribution >= 0.6 is 12.2 Å². The van der Waals surface area contributed by atoms with Crippen LogP contribution in [0.5, 0.6) is 5.75 Å². The Balaban J connectivity index is 2.25. The third kappa shape index (κ3) is 3.08. The predicted octanol–water partition coefficient (Wildman–Crippen LogP) is 3.32. The fourth-order valence-electron chi connectivity index (χ4n) is 1.67. The molecule has 0 saturated heterocycles. The molecule has 20 heavy (non-hydrogen) atoms. The van der Waals surface area contributed by atoms with E-state index in [0.29, 0.717) is 0 Å². The SMILES string of the molecule is NC(=S)c1c(F)cccc1OCc1cc(F)ccc1F. The Morgan fingerprint density at radius 3 is 2.55 bits per heavy atom. The van der Waals surface area contributed by atoms with Crippen LogP contribution in [-0.2, 0) is 6.61 Å². The van der Waals surface area contributed by atoms with Gasteiger partial charge in [-0.15, -0.1) is 0 Å². The van der Waals surface area contributed by atoms with Gasteiger partial charge in [0.05, 0.1) is 5.56 Å². The van der Waals surface area contributed by atoms with Crippen molar-refractivity contribution in [3.63, 3.8) is 0 Å². The molecule has 0 amide bonds. The van der Waals surface area contributed by atoms with E-state index in [9.17, 15) is 13.2 Å². The summed E-state index contributed by atoms with van der Waals surface area (Å²) in [5.74, 6) is -1.74. The molecule has 0 aliphatic heterocycles. The molecular weight excluding hydrogens is 287 g/mol. The number of nitrogens with two attached hydrogens (primary N) is 1. The zero-order valence-corrected chi connectivity index (χ0v) is 11.0. The van der Waals surface area contributed by atoms with Crippen LogP contribution < -0.4 is 10.5 Å². The summed E-state index contributed by atoms with van der Waals surface area (Å²) in [5, 5.41) is 0. The number of hydrogen-bond acceptors (Lipinski definition) is 2. The summed E-state index contributed by atoms with van der Waals surface area (Å²) in [6, 6.07) is 7.05. The first-order valence-electron chi connectivity index (χ1n) is 5.64. The van der Waals surface area contributed by atoms with Gasteiger partial charge in [0.15, 0.2) is 0 Å². The third-order valence-corrected chi connectivity index (χ3v) is 2.82. The Morgan fingerprint density at radius 2 is 1.85 bits per heavy atom. The van der Waals surface area contributed by atoms with Gasteiger partial charge in [-0.1, -0.05) is 18.3 Å². The van der Waals surface area contributed by atoms with E-state index in [2.05, 4.69) is 0 Å².